The summed E-state index contributed by atoms with van der Waals surface area (Å²) in [5, 5.41) is 3.71. The van der Waals surface area contributed by atoms with Crippen LogP contribution in [0.3, 0.4) is 0 Å². The molecule has 0 bridgehead atoms. The molecule has 1 N–H and O–H groups in total. The van der Waals surface area contributed by atoms with E-state index in [4.69, 9.17) is 27.9 Å². The van der Waals surface area contributed by atoms with Crippen LogP contribution in [0.25, 0.3) is 0 Å². The zero-order chi connectivity index (χ0) is 21.0. The monoisotopic (exact) mass is 428 g/mol. The first-order chi connectivity index (χ1) is 13.7. The third-order valence-electron chi connectivity index (χ3n) is 4.11. The van der Waals surface area contributed by atoms with Crippen molar-refractivity contribution in [1.82, 2.24) is 4.98 Å². The maximum absolute atomic E-state index is 12.6. The molecule has 148 valence electrons. The standard InChI is InChI=1S/C22H18Cl2N2O3/c1-22(2,21(28)26-18-11-17(24)12-25-13-18)29-19-9-5-15(6-10-19)20(27)14-3-7-16(23)8-4-14/h3-13H,1-2H3,(H,26,28). The van der Waals surface area contributed by atoms with Crippen LogP contribution in [0.5, 0.6) is 5.75 Å². The molecule has 2 aromatic carbocycles. The molecule has 5 nitrogen and oxygen atoms in total. The van der Waals surface area contributed by atoms with E-state index in [1.807, 2.05) is 0 Å². The molecule has 0 saturated heterocycles. The van der Waals surface area contributed by atoms with Gasteiger partial charge >= 0.3 is 0 Å². The van der Waals surface area contributed by atoms with Crippen LogP contribution in [0, 0.1) is 0 Å². The van der Waals surface area contributed by atoms with Crippen molar-refractivity contribution in [2.75, 3.05) is 5.32 Å². The van der Waals surface area contributed by atoms with E-state index in [1.54, 1.807) is 68.4 Å². The van der Waals surface area contributed by atoms with Crippen molar-refractivity contribution in [2.45, 2.75) is 19.4 Å². The van der Waals surface area contributed by atoms with Gasteiger partial charge in [-0.1, -0.05) is 23.2 Å². The molecule has 7 heteroatoms. The van der Waals surface area contributed by atoms with E-state index in [2.05, 4.69) is 10.3 Å². The van der Waals surface area contributed by atoms with Gasteiger partial charge in [0.05, 0.1) is 16.9 Å². The van der Waals surface area contributed by atoms with Crippen molar-refractivity contribution in [3.63, 3.8) is 0 Å². The molecule has 0 saturated carbocycles. The van der Waals surface area contributed by atoms with Gasteiger partial charge in [0.1, 0.15) is 5.75 Å². The van der Waals surface area contributed by atoms with Gasteiger partial charge in [-0.2, -0.15) is 0 Å². The number of benzene rings is 2. The summed E-state index contributed by atoms with van der Waals surface area (Å²) in [7, 11) is 0. The molecular weight excluding hydrogens is 411 g/mol. The van der Waals surface area contributed by atoms with E-state index in [0.29, 0.717) is 32.6 Å². The van der Waals surface area contributed by atoms with E-state index < -0.39 is 5.60 Å². The number of ketones is 1. The van der Waals surface area contributed by atoms with Gasteiger partial charge in [-0.3, -0.25) is 14.6 Å². The van der Waals surface area contributed by atoms with Crippen molar-refractivity contribution in [1.29, 1.82) is 0 Å². The molecule has 1 amide bonds. The van der Waals surface area contributed by atoms with Gasteiger partial charge < -0.3 is 10.1 Å². The van der Waals surface area contributed by atoms with Crippen molar-refractivity contribution in [3.8, 4) is 5.75 Å². The number of halogens is 2. The van der Waals surface area contributed by atoms with Crippen LogP contribution in [0.1, 0.15) is 29.8 Å². The Bertz CT molecular complexity index is 1030. The lowest BCUT2D eigenvalue weighted by Gasteiger charge is -2.25. The molecule has 0 unspecified atom stereocenters. The molecule has 1 heterocycles. The summed E-state index contributed by atoms with van der Waals surface area (Å²) in [4.78, 5) is 29.0. The smallest absolute Gasteiger partial charge is 0.268 e. The molecule has 0 aliphatic rings. The van der Waals surface area contributed by atoms with Gasteiger partial charge in [0.25, 0.3) is 5.91 Å². The molecule has 0 aliphatic carbocycles. The number of pyridine rings is 1. The number of carbonyl (C=O) groups excluding carboxylic acids is 2. The highest BCUT2D eigenvalue weighted by Gasteiger charge is 2.30. The molecule has 3 rings (SSSR count). The van der Waals surface area contributed by atoms with Crippen LogP contribution in [0.2, 0.25) is 10.0 Å². The van der Waals surface area contributed by atoms with Crippen LogP contribution < -0.4 is 10.1 Å². The highest BCUT2D eigenvalue weighted by atomic mass is 35.5. The third-order valence-corrected chi connectivity index (χ3v) is 4.56. The maximum Gasteiger partial charge on any atom is 0.268 e. The van der Waals surface area contributed by atoms with Crippen molar-refractivity contribution < 1.29 is 14.3 Å². The van der Waals surface area contributed by atoms with Crippen LogP contribution in [-0.2, 0) is 4.79 Å². The van der Waals surface area contributed by atoms with E-state index in [-0.39, 0.29) is 11.7 Å². The quantitative estimate of drug-likeness (QED) is 0.532. The summed E-state index contributed by atoms with van der Waals surface area (Å²) in [5.41, 5.74) is 0.359. The first kappa shape index (κ1) is 20.8. The fourth-order valence-electron chi connectivity index (χ4n) is 2.55. The van der Waals surface area contributed by atoms with E-state index >= 15 is 0 Å². The second kappa shape index (κ2) is 8.64. The van der Waals surface area contributed by atoms with Gasteiger partial charge in [0.2, 0.25) is 0 Å². The first-order valence-electron chi connectivity index (χ1n) is 8.76. The lowest BCUT2D eigenvalue weighted by molar-refractivity contribution is -0.128. The number of ether oxygens (including phenoxy) is 1. The number of hydrogen-bond acceptors (Lipinski definition) is 4. The molecular formula is C22H18Cl2N2O3. The molecule has 29 heavy (non-hydrogen) atoms. The summed E-state index contributed by atoms with van der Waals surface area (Å²) in [5.74, 6) is -0.0245. The number of nitrogens with one attached hydrogen (secondary N) is 1. The van der Waals surface area contributed by atoms with Gasteiger partial charge in [0.15, 0.2) is 11.4 Å². The Labute approximate surface area is 178 Å². The van der Waals surface area contributed by atoms with E-state index in [0.717, 1.165) is 0 Å². The minimum absolute atomic E-state index is 0.126. The molecule has 0 fully saturated rings. The van der Waals surface area contributed by atoms with Crippen LogP contribution in [0.4, 0.5) is 5.69 Å². The first-order valence-corrected chi connectivity index (χ1v) is 9.51. The predicted molar refractivity (Wildman–Crippen MR) is 114 cm³/mol. The molecule has 3 aromatic rings. The van der Waals surface area contributed by atoms with Gasteiger partial charge in [-0.05, 0) is 68.4 Å². The van der Waals surface area contributed by atoms with E-state index in [9.17, 15) is 9.59 Å². The van der Waals surface area contributed by atoms with Gasteiger partial charge in [-0.15, -0.1) is 0 Å². The summed E-state index contributed by atoms with van der Waals surface area (Å²) >= 11 is 11.7. The number of hydrogen-bond donors (Lipinski definition) is 1. The molecule has 0 radical (unpaired) electrons. The normalized spacial score (nSPS) is 11.0. The van der Waals surface area contributed by atoms with Crippen LogP contribution in [0.15, 0.2) is 67.0 Å². The zero-order valence-corrected chi connectivity index (χ0v) is 17.3. The number of aromatic nitrogens is 1. The van der Waals surface area contributed by atoms with Crippen LogP contribution in [-0.4, -0.2) is 22.3 Å². The SMILES string of the molecule is CC(C)(Oc1ccc(C(=O)c2ccc(Cl)cc2)cc1)C(=O)Nc1cncc(Cl)c1. The van der Waals surface area contributed by atoms with Crippen molar-refractivity contribution >= 4 is 40.6 Å². The van der Waals surface area contributed by atoms with E-state index in [1.165, 1.54) is 12.4 Å². The Hall–Kier alpha value is -2.89. The topological polar surface area (TPSA) is 68.3 Å². The number of carbonyl (C=O) groups is 2. The predicted octanol–water partition coefficient (Wildman–Crippen LogP) is 5.42. The average Bonchev–Trinajstić information content (AvgIpc) is 2.68. The maximum atomic E-state index is 12.6. The Kier molecular flexibility index (Phi) is 6.20. The zero-order valence-electron chi connectivity index (χ0n) is 15.8. The highest BCUT2D eigenvalue weighted by Crippen LogP contribution is 2.23. The molecule has 0 aliphatic heterocycles. The van der Waals surface area contributed by atoms with Crippen molar-refractivity contribution in [2.24, 2.45) is 0 Å². The highest BCUT2D eigenvalue weighted by molar-refractivity contribution is 6.31. The lowest BCUT2D eigenvalue weighted by Crippen LogP contribution is -2.42. The number of anilines is 1. The van der Waals surface area contributed by atoms with Crippen molar-refractivity contribution in [3.05, 3.63) is 88.2 Å². The summed E-state index contributed by atoms with van der Waals surface area (Å²) in [6.07, 6.45) is 2.97. The summed E-state index contributed by atoms with van der Waals surface area (Å²) < 4.78 is 5.83. The fraction of sp³-hybridized carbons (Fsp3) is 0.136. The fourth-order valence-corrected chi connectivity index (χ4v) is 2.84. The average molecular weight is 429 g/mol. The molecule has 0 atom stereocenters. The van der Waals surface area contributed by atoms with Gasteiger partial charge in [0, 0.05) is 22.3 Å². The second-order valence-electron chi connectivity index (χ2n) is 6.82. The van der Waals surface area contributed by atoms with Gasteiger partial charge in [-0.25, -0.2) is 0 Å². The second-order valence-corrected chi connectivity index (χ2v) is 7.69. The Balaban J connectivity index is 1.68. The minimum atomic E-state index is -1.16. The summed E-state index contributed by atoms with van der Waals surface area (Å²) in [6, 6.07) is 14.9. The lowest BCUT2D eigenvalue weighted by atomic mass is 10.0. The summed E-state index contributed by atoms with van der Waals surface area (Å²) in [6.45, 7) is 3.29. The number of rotatable bonds is 6. The third kappa shape index (κ3) is 5.34. The number of nitrogens with zero attached hydrogens (tertiary/aromatic N) is 1. The Morgan fingerprint density at radius 1 is 0.897 bits per heavy atom. The molecule has 1 aromatic heterocycles. The minimum Gasteiger partial charge on any atom is -0.478 e. The largest absolute Gasteiger partial charge is 0.478 e. The Morgan fingerprint density at radius 3 is 2.07 bits per heavy atom. The number of amides is 1. The molecule has 0 spiro atoms. The Morgan fingerprint density at radius 2 is 1.48 bits per heavy atom. The van der Waals surface area contributed by atoms with Crippen LogP contribution >= 0.6 is 23.2 Å².